The molecule has 1 aromatic rings. The van der Waals surface area contributed by atoms with E-state index in [2.05, 4.69) is 16.6 Å². The number of ether oxygens (including phenoxy) is 1. The van der Waals surface area contributed by atoms with Crippen LogP contribution < -0.4 is 4.74 Å². The summed E-state index contributed by atoms with van der Waals surface area (Å²) in [5.74, 6) is 0.872. The summed E-state index contributed by atoms with van der Waals surface area (Å²) in [5.41, 5.74) is 0.727. The van der Waals surface area contributed by atoms with Gasteiger partial charge in [-0.1, -0.05) is 19.1 Å². The van der Waals surface area contributed by atoms with E-state index < -0.39 is 12.7 Å². The lowest BCUT2D eigenvalue weighted by Gasteiger charge is -2.31. The van der Waals surface area contributed by atoms with Crippen molar-refractivity contribution in [1.82, 2.24) is 4.90 Å². The van der Waals surface area contributed by atoms with Gasteiger partial charge in [0.2, 0.25) is 0 Å². The van der Waals surface area contributed by atoms with Gasteiger partial charge in [-0.2, -0.15) is 8.78 Å². The Hall–Kier alpha value is -1.20. The fourth-order valence-electron chi connectivity index (χ4n) is 2.47. The molecule has 1 unspecified atom stereocenters. The van der Waals surface area contributed by atoms with Crippen molar-refractivity contribution in [3.05, 3.63) is 29.8 Å². The molecule has 1 saturated heterocycles. The summed E-state index contributed by atoms with van der Waals surface area (Å²) < 4.78 is 28.4. The number of rotatable bonds is 5. The zero-order chi connectivity index (χ0) is 14.5. The van der Waals surface area contributed by atoms with Gasteiger partial charge in [-0.15, -0.1) is 0 Å². The predicted octanol–water partition coefficient (Wildman–Crippen LogP) is 3.05. The molecular weight excluding hydrogens is 264 g/mol. The molecule has 3 nitrogen and oxygen atoms in total. The first-order valence-electron chi connectivity index (χ1n) is 7.00. The van der Waals surface area contributed by atoms with Gasteiger partial charge in [0, 0.05) is 6.54 Å². The average molecular weight is 285 g/mol. The number of likely N-dealkylation sites (tertiary alicyclic amines) is 1. The fraction of sp³-hybridized carbons (Fsp3) is 0.600. The maximum atomic E-state index is 12.0. The van der Waals surface area contributed by atoms with Crippen molar-refractivity contribution in [3.63, 3.8) is 0 Å². The lowest BCUT2D eigenvalue weighted by atomic mass is 9.98. The molecule has 1 aliphatic rings. The van der Waals surface area contributed by atoms with Crippen LogP contribution in [0.5, 0.6) is 5.75 Å². The lowest BCUT2D eigenvalue weighted by Crippen LogP contribution is -2.35. The Morgan fingerprint density at radius 3 is 2.40 bits per heavy atom. The molecule has 0 aromatic heterocycles. The van der Waals surface area contributed by atoms with Gasteiger partial charge in [-0.3, -0.25) is 0 Å². The molecule has 1 N–H and O–H groups in total. The molecule has 1 heterocycles. The standard InChI is InChI=1S/C15H21F2NO2/c1-11-6-8-18(9-7-11)10-14(19)12-2-4-13(5-3-12)20-15(16)17/h2-5,11,14-15,19H,6-10H2,1H3. The highest BCUT2D eigenvalue weighted by Crippen LogP contribution is 2.22. The van der Waals surface area contributed by atoms with Gasteiger partial charge in [-0.05, 0) is 49.5 Å². The molecule has 0 saturated carbocycles. The van der Waals surface area contributed by atoms with Crippen LogP contribution in [0.25, 0.3) is 0 Å². The van der Waals surface area contributed by atoms with E-state index in [9.17, 15) is 13.9 Å². The Balaban J connectivity index is 1.87. The van der Waals surface area contributed by atoms with Gasteiger partial charge in [0.25, 0.3) is 0 Å². The molecule has 20 heavy (non-hydrogen) atoms. The molecule has 0 bridgehead atoms. The zero-order valence-electron chi connectivity index (χ0n) is 11.6. The number of halogens is 2. The third kappa shape index (κ3) is 4.42. The van der Waals surface area contributed by atoms with E-state index in [1.165, 1.54) is 12.1 Å². The van der Waals surface area contributed by atoms with Crippen molar-refractivity contribution in [1.29, 1.82) is 0 Å². The van der Waals surface area contributed by atoms with Crippen molar-refractivity contribution >= 4 is 0 Å². The molecule has 1 atom stereocenters. The van der Waals surface area contributed by atoms with Crippen molar-refractivity contribution < 1.29 is 18.6 Å². The number of piperidine rings is 1. The van der Waals surface area contributed by atoms with Gasteiger partial charge in [0.1, 0.15) is 5.75 Å². The summed E-state index contributed by atoms with van der Waals surface area (Å²) in [6.07, 6.45) is 1.73. The second kappa shape index (κ2) is 6.99. The molecule has 0 amide bonds. The Morgan fingerprint density at radius 1 is 1.25 bits per heavy atom. The SMILES string of the molecule is CC1CCN(CC(O)c2ccc(OC(F)F)cc2)CC1. The van der Waals surface area contributed by atoms with Gasteiger partial charge < -0.3 is 14.7 Å². The summed E-state index contributed by atoms with van der Waals surface area (Å²) in [6, 6.07) is 6.19. The normalized spacial score (nSPS) is 19.2. The Kier molecular flexibility index (Phi) is 5.31. The van der Waals surface area contributed by atoms with Crippen molar-refractivity contribution in [3.8, 4) is 5.75 Å². The minimum absolute atomic E-state index is 0.114. The van der Waals surface area contributed by atoms with Gasteiger partial charge in [-0.25, -0.2) is 0 Å². The quantitative estimate of drug-likeness (QED) is 0.902. The van der Waals surface area contributed by atoms with Gasteiger partial charge in [0.05, 0.1) is 6.10 Å². The largest absolute Gasteiger partial charge is 0.435 e. The summed E-state index contributed by atoms with van der Waals surface area (Å²) in [7, 11) is 0. The highest BCUT2D eigenvalue weighted by atomic mass is 19.3. The zero-order valence-corrected chi connectivity index (χ0v) is 11.6. The summed E-state index contributed by atoms with van der Waals surface area (Å²) in [6.45, 7) is 2.02. The van der Waals surface area contributed by atoms with Crippen LogP contribution in [0.3, 0.4) is 0 Å². The first-order valence-corrected chi connectivity index (χ1v) is 7.00. The number of hydrogen-bond donors (Lipinski definition) is 1. The highest BCUT2D eigenvalue weighted by molar-refractivity contribution is 5.28. The summed E-state index contributed by atoms with van der Waals surface area (Å²) >= 11 is 0. The topological polar surface area (TPSA) is 32.7 Å². The Morgan fingerprint density at radius 2 is 1.85 bits per heavy atom. The van der Waals surface area contributed by atoms with Crippen LogP contribution in [0.4, 0.5) is 8.78 Å². The predicted molar refractivity (Wildman–Crippen MR) is 72.9 cm³/mol. The molecular formula is C15H21F2NO2. The number of aliphatic hydroxyl groups is 1. The Labute approximate surface area is 118 Å². The van der Waals surface area contributed by atoms with Crippen LogP contribution in [0.15, 0.2) is 24.3 Å². The number of nitrogens with zero attached hydrogens (tertiary/aromatic N) is 1. The summed E-state index contributed by atoms with van der Waals surface area (Å²) in [5, 5.41) is 10.2. The van der Waals surface area contributed by atoms with Crippen molar-refractivity contribution in [2.24, 2.45) is 5.92 Å². The molecule has 0 aliphatic carbocycles. The number of benzene rings is 1. The third-order valence-corrected chi connectivity index (χ3v) is 3.80. The maximum absolute atomic E-state index is 12.0. The van der Waals surface area contributed by atoms with Crippen LogP contribution in [-0.4, -0.2) is 36.3 Å². The van der Waals surface area contributed by atoms with E-state index >= 15 is 0 Å². The number of hydrogen-bond acceptors (Lipinski definition) is 3. The van der Waals surface area contributed by atoms with E-state index in [0.717, 1.165) is 37.4 Å². The van der Waals surface area contributed by atoms with Crippen LogP contribution in [0.2, 0.25) is 0 Å². The van der Waals surface area contributed by atoms with E-state index in [-0.39, 0.29) is 5.75 Å². The van der Waals surface area contributed by atoms with Gasteiger partial charge in [0.15, 0.2) is 0 Å². The molecule has 112 valence electrons. The van der Waals surface area contributed by atoms with Crippen LogP contribution in [0.1, 0.15) is 31.4 Å². The minimum Gasteiger partial charge on any atom is -0.435 e. The van der Waals surface area contributed by atoms with Crippen LogP contribution in [0, 0.1) is 5.92 Å². The highest BCUT2D eigenvalue weighted by Gasteiger charge is 2.19. The van der Waals surface area contributed by atoms with Crippen LogP contribution >= 0.6 is 0 Å². The molecule has 1 aliphatic heterocycles. The van der Waals surface area contributed by atoms with Crippen molar-refractivity contribution in [2.75, 3.05) is 19.6 Å². The van der Waals surface area contributed by atoms with E-state index in [1.54, 1.807) is 12.1 Å². The van der Waals surface area contributed by atoms with Crippen LogP contribution in [-0.2, 0) is 0 Å². The Bertz CT molecular complexity index is 403. The molecule has 5 heteroatoms. The van der Waals surface area contributed by atoms with Crippen molar-refractivity contribution in [2.45, 2.75) is 32.5 Å². The number of β-amino-alcohol motifs (C(OH)–C–C–N with tert-alkyl or cyclic N) is 1. The molecule has 1 aromatic carbocycles. The van der Waals surface area contributed by atoms with Gasteiger partial charge >= 0.3 is 6.61 Å². The maximum Gasteiger partial charge on any atom is 0.387 e. The minimum atomic E-state index is -2.82. The smallest absolute Gasteiger partial charge is 0.387 e. The monoisotopic (exact) mass is 285 g/mol. The lowest BCUT2D eigenvalue weighted by molar-refractivity contribution is -0.0498. The average Bonchev–Trinajstić information content (AvgIpc) is 2.41. The molecule has 1 fully saturated rings. The molecule has 2 rings (SSSR count). The number of aliphatic hydroxyl groups excluding tert-OH is 1. The van der Waals surface area contributed by atoms with E-state index in [4.69, 9.17) is 0 Å². The van der Waals surface area contributed by atoms with E-state index in [1.807, 2.05) is 0 Å². The first kappa shape index (κ1) is 15.2. The second-order valence-electron chi connectivity index (χ2n) is 5.45. The first-order chi connectivity index (χ1) is 9.54. The third-order valence-electron chi connectivity index (χ3n) is 3.80. The number of alkyl halides is 2. The summed E-state index contributed by atoms with van der Waals surface area (Å²) in [4.78, 5) is 2.24. The fourth-order valence-corrected chi connectivity index (χ4v) is 2.47. The molecule has 0 radical (unpaired) electrons. The molecule has 0 spiro atoms. The van der Waals surface area contributed by atoms with E-state index in [0.29, 0.717) is 6.54 Å². The second-order valence-corrected chi connectivity index (χ2v) is 5.45.